The molecule has 0 heterocycles. The molecule has 0 fully saturated rings. The van der Waals surface area contributed by atoms with Gasteiger partial charge in [0.2, 0.25) is 5.91 Å². The molecule has 0 aliphatic heterocycles. The second kappa shape index (κ2) is 8.65. The van der Waals surface area contributed by atoms with E-state index in [1.807, 2.05) is 27.7 Å². The summed E-state index contributed by atoms with van der Waals surface area (Å²) >= 11 is 0. The van der Waals surface area contributed by atoms with Gasteiger partial charge in [-0.05, 0) is 38.0 Å². The van der Waals surface area contributed by atoms with E-state index in [0.29, 0.717) is 6.42 Å². The van der Waals surface area contributed by atoms with Gasteiger partial charge >= 0.3 is 11.9 Å². The standard InChI is InChI=1S/C18H34N2O5/c1-16(2,3)25-15(24)12(10-19)20-13(21)8-17(4,5)11-18(6,7)9-14(22)23/h12H,8-11,19H2,1-7H3,(H,20,21)(H,22,23). The summed E-state index contributed by atoms with van der Waals surface area (Å²) in [5.41, 5.74) is 4.07. The highest BCUT2D eigenvalue weighted by Gasteiger charge is 2.33. The summed E-state index contributed by atoms with van der Waals surface area (Å²) in [5.74, 6) is -1.73. The Balaban J connectivity index is 4.79. The van der Waals surface area contributed by atoms with Gasteiger partial charge in [0.15, 0.2) is 0 Å². The van der Waals surface area contributed by atoms with Gasteiger partial charge in [0.05, 0.1) is 6.42 Å². The molecule has 25 heavy (non-hydrogen) atoms. The molecule has 0 spiro atoms. The molecule has 0 aromatic heterocycles. The zero-order valence-electron chi connectivity index (χ0n) is 16.6. The molecule has 4 N–H and O–H groups in total. The molecule has 7 nitrogen and oxygen atoms in total. The topological polar surface area (TPSA) is 119 Å². The van der Waals surface area contributed by atoms with Crippen molar-refractivity contribution in [2.45, 2.75) is 79.4 Å². The van der Waals surface area contributed by atoms with Crippen molar-refractivity contribution in [2.24, 2.45) is 16.6 Å². The lowest BCUT2D eigenvalue weighted by Gasteiger charge is -2.34. The third-order valence-corrected chi connectivity index (χ3v) is 3.49. The third kappa shape index (κ3) is 10.8. The quantitative estimate of drug-likeness (QED) is 0.543. The monoisotopic (exact) mass is 358 g/mol. The maximum absolute atomic E-state index is 12.3. The van der Waals surface area contributed by atoms with Crippen LogP contribution in [0.25, 0.3) is 0 Å². The number of hydrogen-bond acceptors (Lipinski definition) is 5. The highest BCUT2D eigenvalue weighted by atomic mass is 16.6. The predicted octanol–water partition coefficient (Wildman–Crippen LogP) is 2.08. The summed E-state index contributed by atoms with van der Waals surface area (Å²) in [5, 5.41) is 11.6. The SMILES string of the molecule is CC(C)(CC(=O)O)CC(C)(C)CC(=O)NC(CN)C(=O)OC(C)(C)C. The van der Waals surface area contributed by atoms with E-state index in [9.17, 15) is 14.4 Å². The van der Waals surface area contributed by atoms with Crippen molar-refractivity contribution in [2.75, 3.05) is 6.54 Å². The summed E-state index contributed by atoms with van der Waals surface area (Å²) < 4.78 is 5.25. The number of nitrogens with one attached hydrogen (secondary N) is 1. The third-order valence-electron chi connectivity index (χ3n) is 3.49. The van der Waals surface area contributed by atoms with E-state index in [1.165, 1.54) is 0 Å². The van der Waals surface area contributed by atoms with Gasteiger partial charge in [-0.25, -0.2) is 4.79 Å². The number of amides is 1. The lowest BCUT2D eigenvalue weighted by atomic mass is 9.72. The van der Waals surface area contributed by atoms with Crippen LogP contribution in [-0.2, 0) is 19.1 Å². The minimum atomic E-state index is -0.894. The van der Waals surface area contributed by atoms with Crippen LogP contribution >= 0.6 is 0 Å². The van der Waals surface area contributed by atoms with E-state index >= 15 is 0 Å². The summed E-state index contributed by atoms with van der Waals surface area (Å²) in [4.78, 5) is 35.3. The van der Waals surface area contributed by atoms with Crippen LogP contribution in [0.3, 0.4) is 0 Å². The number of carbonyl (C=O) groups is 3. The normalized spacial score (nSPS) is 13.9. The van der Waals surface area contributed by atoms with Gasteiger partial charge in [-0.1, -0.05) is 27.7 Å². The molecule has 0 rings (SSSR count). The molecule has 1 amide bonds. The van der Waals surface area contributed by atoms with E-state index in [0.717, 1.165) is 0 Å². The van der Waals surface area contributed by atoms with Crippen LogP contribution in [0.1, 0.15) is 67.7 Å². The van der Waals surface area contributed by atoms with Gasteiger partial charge in [0.1, 0.15) is 11.6 Å². The van der Waals surface area contributed by atoms with Crippen molar-refractivity contribution < 1.29 is 24.2 Å². The summed E-state index contributed by atoms with van der Waals surface area (Å²) in [6, 6.07) is -0.894. The smallest absolute Gasteiger partial charge is 0.330 e. The Kier molecular flexibility index (Phi) is 8.08. The van der Waals surface area contributed by atoms with Crippen molar-refractivity contribution >= 4 is 17.8 Å². The molecule has 1 unspecified atom stereocenters. The highest BCUT2D eigenvalue weighted by Crippen LogP contribution is 2.38. The van der Waals surface area contributed by atoms with Gasteiger partial charge in [0.25, 0.3) is 0 Å². The molecule has 0 aromatic rings. The van der Waals surface area contributed by atoms with Crippen LogP contribution in [0.2, 0.25) is 0 Å². The minimum absolute atomic E-state index is 0.0291. The Hall–Kier alpha value is -1.63. The second-order valence-corrected chi connectivity index (χ2v) is 9.14. The van der Waals surface area contributed by atoms with E-state index in [-0.39, 0.29) is 25.3 Å². The number of nitrogens with two attached hydrogens (primary N) is 1. The van der Waals surface area contributed by atoms with E-state index in [2.05, 4.69) is 5.32 Å². The molecule has 0 aliphatic carbocycles. The number of carboxylic acids is 1. The average molecular weight is 358 g/mol. The number of aliphatic carboxylic acids is 1. The lowest BCUT2D eigenvalue weighted by Crippen LogP contribution is -2.49. The Bertz CT molecular complexity index is 492. The fourth-order valence-electron chi connectivity index (χ4n) is 3.10. The maximum atomic E-state index is 12.3. The molecular weight excluding hydrogens is 324 g/mol. The van der Waals surface area contributed by atoms with Crippen molar-refractivity contribution in [1.82, 2.24) is 5.32 Å². The predicted molar refractivity (Wildman–Crippen MR) is 95.9 cm³/mol. The van der Waals surface area contributed by atoms with Crippen LogP contribution in [0.4, 0.5) is 0 Å². The maximum Gasteiger partial charge on any atom is 0.330 e. The molecule has 1 atom stereocenters. The van der Waals surface area contributed by atoms with Crippen LogP contribution in [0.15, 0.2) is 0 Å². The Labute approximate surface area is 150 Å². The first kappa shape index (κ1) is 23.4. The van der Waals surface area contributed by atoms with Crippen molar-refractivity contribution in [3.8, 4) is 0 Å². The summed E-state index contributed by atoms with van der Waals surface area (Å²) in [6.07, 6.45) is 0.746. The molecule has 0 saturated heterocycles. The van der Waals surface area contributed by atoms with Gasteiger partial charge in [-0.2, -0.15) is 0 Å². The molecule has 7 heteroatoms. The van der Waals surface area contributed by atoms with Crippen molar-refractivity contribution in [1.29, 1.82) is 0 Å². The first-order chi connectivity index (χ1) is 11.1. The van der Waals surface area contributed by atoms with Crippen LogP contribution in [-0.4, -0.2) is 41.1 Å². The Morgan fingerprint density at radius 1 is 1.00 bits per heavy atom. The second-order valence-electron chi connectivity index (χ2n) is 9.14. The number of hydrogen-bond donors (Lipinski definition) is 3. The Morgan fingerprint density at radius 3 is 1.88 bits per heavy atom. The molecule has 0 aliphatic rings. The Morgan fingerprint density at radius 2 is 1.48 bits per heavy atom. The molecule has 0 saturated carbocycles. The molecule has 0 aromatic carbocycles. The summed E-state index contributed by atoms with van der Waals surface area (Å²) in [7, 11) is 0. The van der Waals surface area contributed by atoms with Gasteiger partial charge in [0, 0.05) is 13.0 Å². The fraction of sp³-hybridized carbons (Fsp3) is 0.833. The van der Waals surface area contributed by atoms with Crippen molar-refractivity contribution in [3.05, 3.63) is 0 Å². The summed E-state index contributed by atoms with van der Waals surface area (Å²) in [6.45, 7) is 12.7. The zero-order valence-corrected chi connectivity index (χ0v) is 16.6. The molecule has 0 bridgehead atoms. The van der Waals surface area contributed by atoms with E-state index < -0.39 is 34.4 Å². The van der Waals surface area contributed by atoms with Gasteiger partial charge < -0.3 is 20.9 Å². The van der Waals surface area contributed by atoms with E-state index in [1.54, 1.807) is 20.8 Å². The van der Waals surface area contributed by atoms with Crippen LogP contribution < -0.4 is 11.1 Å². The molecule has 146 valence electrons. The number of esters is 1. The number of carboxylic acid groups (broad SMARTS) is 1. The van der Waals surface area contributed by atoms with Crippen LogP contribution in [0.5, 0.6) is 0 Å². The number of ether oxygens (including phenoxy) is 1. The minimum Gasteiger partial charge on any atom is -0.481 e. The number of rotatable bonds is 9. The first-order valence-electron chi connectivity index (χ1n) is 8.51. The molecular formula is C18H34N2O5. The van der Waals surface area contributed by atoms with Gasteiger partial charge in [-0.3, -0.25) is 9.59 Å². The zero-order chi connectivity index (χ0) is 20.1. The van der Waals surface area contributed by atoms with E-state index in [4.69, 9.17) is 15.6 Å². The fourth-order valence-corrected chi connectivity index (χ4v) is 3.10. The molecule has 0 radical (unpaired) electrons. The van der Waals surface area contributed by atoms with Crippen molar-refractivity contribution in [3.63, 3.8) is 0 Å². The lowest BCUT2D eigenvalue weighted by molar-refractivity contribution is -0.158. The highest BCUT2D eigenvalue weighted by molar-refractivity contribution is 5.85. The average Bonchev–Trinajstić information content (AvgIpc) is 2.29. The number of carbonyl (C=O) groups excluding carboxylic acids is 2. The largest absolute Gasteiger partial charge is 0.481 e. The van der Waals surface area contributed by atoms with Gasteiger partial charge in [-0.15, -0.1) is 0 Å². The first-order valence-corrected chi connectivity index (χ1v) is 8.51. The van der Waals surface area contributed by atoms with Crippen LogP contribution in [0, 0.1) is 10.8 Å².